The summed E-state index contributed by atoms with van der Waals surface area (Å²) in [6.45, 7) is 1.74. The Labute approximate surface area is 175 Å². The molecule has 0 atom stereocenters. The number of hydrogen-bond donors (Lipinski definition) is 0. The number of hydrogen-bond acceptors (Lipinski definition) is 2. The van der Waals surface area contributed by atoms with Crippen molar-refractivity contribution in [2.75, 3.05) is 0 Å². The van der Waals surface area contributed by atoms with E-state index >= 15 is 0 Å². The Morgan fingerprint density at radius 1 is 0.778 bits per heavy atom. The maximum atomic E-state index is 12.9. The number of halogens is 4. The molecule has 0 bridgehead atoms. The van der Waals surface area contributed by atoms with Crippen molar-refractivity contribution in [3.8, 4) is 0 Å². The molecule has 0 N–H and O–H groups in total. The number of nitrogens with zero attached hydrogens (tertiary/aromatic N) is 2. The van der Waals surface area contributed by atoms with Gasteiger partial charge in [0.15, 0.2) is 0 Å². The predicted molar refractivity (Wildman–Crippen MR) is 111 cm³/mol. The van der Waals surface area contributed by atoms with Gasteiger partial charge in [-0.2, -0.15) is 0 Å². The van der Waals surface area contributed by atoms with Crippen LogP contribution in [0, 0.1) is 6.92 Å². The second-order valence-electron chi connectivity index (χ2n) is 6.01. The first-order chi connectivity index (χ1) is 12.8. The Balaban J connectivity index is 2.12. The summed E-state index contributed by atoms with van der Waals surface area (Å²) in [6.07, 6.45) is 1.50. The lowest BCUT2D eigenvalue weighted by atomic mass is 10.2. The molecule has 0 aliphatic heterocycles. The van der Waals surface area contributed by atoms with Gasteiger partial charge in [-0.25, -0.2) is 4.79 Å². The molecular formula is C19H14Cl4N2O2. The Morgan fingerprint density at radius 2 is 1.22 bits per heavy atom. The summed E-state index contributed by atoms with van der Waals surface area (Å²) in [4.78, 5) is 25.5. The summed E-state index contributed by atoms with van der Waals surface area (Å²) < 4.78 is 2.50. The van der Waals surface area contributed by atoms with Gasteiger partial charge in [-0.3, -0.25) is 13.9 Å². The van der Waals surface area contributed by atoms with Gasteiger partial charge in [-0.15, -0.1) is 0 Å². The van der Waals surface area contributed by atoms with E-state index in [2.05, 4.69) is 0 Å². The van der Waals surface area contributed by atoms with Crippen molar-refractivity contribution in [1.29, 1.82) is 0 Å². The maximum Gasteiger partial charge on any atom is 0.331 e. The lowest BCUT2D eigenvalue weighted by Gasteiger charge is -2.14. The third-order valence-electron chi connectivity index (χ3n) is 4.18. The molecule has 0 spiro atoms. The fraction of sp³-hybridized carbons (Fsp3) is 0.158. The van der Waals surface area contributed by atoms with Crippen LogP contribution in [0.25, 0.3) is 0 Å². The molecule has 3 rings (SSSR count). The van der Waals surface area contributed by atoms with Crippen LogP contribution in [-0.4, -0.2) is 9.13 Å². The van der Waals surface area contributed by atoms with E-state index in [4.69, 9.17) is 46.4 Å². The van der Waals surface area contributed by atoms with E-state index in [1.807, 2.05) is 0 Å². The summed E-state index contributed by atoms with van der Waals surface area (Å²) >= 11 is 24.8. The highest BCUT2D eigenvalue weighted by Crippen LogP contribution is 2.26. The maximum absolute atomic E-state index is 12.9. The number of benzene rings is 2. The first kappa shape index (κ1) is 20.0. The van der Waals surface area contributed by atoms with E-state index in [1.165, 1.54) is 10.8 Å². The molecule has 2 aromatic carbocycles. The van der Waals surface area contributed by atoms with Crippen LogP contribution in [0.4, 0.5) is 0 Å². The largest absolute Gasteiger partial charge is 0.331 e. The smallest absolute Gasteiger partial charge is 0.296 e. The van der Waals surface area contributed by atoms with Gasteiger partial charge < -0.3 is 0 Å². The average Bonchev–Trinajstić information content (AvgIpc) is 2.61. The topological polar surface area (TPSA) is 44.0 Å². The minimum absolute atomic E-state index is 0.0336. The first-order valence-corrected chi connectivity index (χ1v) is 9.47. The van der Waals surface area contributed by atoms with E-state index in [0.717, 1.165) is 4.57 Å². The molecule has 0 saturated heterocycles. The van der Waals surface area contributed by atoms with Crippen LogP contribution < -0.4 is 11.2 Å². The molecule has 0 fully saturated rings. The van der Waals surface area contributed by atoms with Crippen LogP contribution >= 0.6 is 46.4 Å². The molecule has 3 aromatic rings. The highest BCUT2D eigenvalue weighted by molar-refractivity contribution is 6.36. The quantitative estimate of drug-likeness (QED) is 0.567. The van der Waals surface area contributed by atoms with Crippen LogP contribution in [0.2, 0.25) is 20.1 Å². The highest BCUT2D eigenvalue weighted by Gasteiger charge is 2.15. The van der Waals surface area contributed by atoms with Gasteiger partial charge in [-0.1, -0.05) is 58.5 Å². The number of aromatic nitrogens is 2. The molecular weight excluding hydrogens is 430 g/mol. The second kappa shape index (κ2) is 8.11. The lowest BCUT2D eigenvalue weighted by molar-refractivity contribution is 0.606. The standard InChI is InChI=1S/C19H14Cl4N2O2/c1-11-8-24(9-12-14(20)4-2-5-15(12)21)19(27)25(18(11)26)10-13-16(22)6-3-7-17(13)23/h2-8H,9-10H2,1H3. The van der Waals surface area contributed by atoms with Crippen molar-refractivity contribution in [3.63, 3.8) is 0 Å². The zero-order chi connectivity index (χ0) is 19.7. The van der Waals surface area contributed by atoms with Gasteiger partial charge >= 0.3 is 5.69 Å². The van der Waals surface area contributed by atoms with E-state index < -0.39 is 11.2 Å². The van der Waals surface area contributed by atoms with Gasteiger partial charge in [0.1, 0.15) is 0 Å². The molecule has 4 nitrogen and oxygen atoms in total. The van der Waals surface area contributed by atoms with E-state index in [9.17, 15) is 9.59 Å². The molecule has 0 radical (unpaired) electrons. The number of aryl methyl sites for hydroxylation is 1. The van der Waals surface area contributed by atoms with Crippen LogP contribution in [-0.2, 0) is 13.1 Å². The summed E-state index contributed by atoms with van der Waals surface area (Å²) in [5.74, 6) is 0. The van der Waals surface area contributed by atoms with Crippen LogP contribution in [0.5, 0.6) is 0 Å². The van der Waals surface area contributed by atoms with Gasteiger partial charge in [0.05, 0.1) is 13.1 Å². The fourth-order valence-electron chi connectivity index (χ4n) is 2.75. The summed E-state index contributed by atoms with van der Waals surface area (Å²) in [5, 5.41) is 1.66. The third kappa shape index (κ3) is 4.09. The zero-order valence-electron chi connectivity index (χ0n) is 14.2. The van der Waals surface area contributed by atoms with Gasteiger partial charge in [-0.05, 0) is 31.2 Å². The molecule has 0 aliphatic carbocycles. The van der Waals surface area contributed by atoms with Gasteiger partial charge in [0.2, 0.25) is 0 Å². The zero-order valence-corrected chi connectivity index (χ0v) is 17.2. The second-order valence-corrected chi connectivity index (χ2v) is 7.64. The summed E-state index contributed by atoms with van der Waals surface area (Å²) in [5.41, 5.74) is 0.604. The monoisotopic (exact) mass is 442 g/mol. The molecule has 0 unspecified atom stereocenters. The molecule has 1 heterocycles. The Morgan fingerprint density at radius 3 is 1.70 bits per heavy atom. The molecule has 27 heavy (non-hydrogen) atoms. The molecule has 0 saturated carbocycles. The first-order valence-electron chi connectivity index (χ1n) is 7.96. The summed E-state index contributed by atoms with van der Waals surface area (Å²) in [6, 6.07) is 10.1. The van der Waals surface area contributed by atoms with E-state index in [-0.39, 0.29) is 13.1 Å². The third-order valence-corrected chi connectivity index (χ3v) is 5.59. The van der Waals surface area contributed by atoms with Crippen molar-refractivity contribution < 1.29 is 0 Å². The Kier molecular flexibility index (Phi) is 6.02. The van der Waals surface area contributed by atoms with Crippen LogP contribution in [0.1, 0.15) is 16.7 Å². The lowest BCUT2D eigenvalue weighted by Crippen LogP contribution is -2.41. The highest BCUT2D eigenvalue weighted by atomic mass is 35.5. The molecule has 8 heteroatoms. The number of rotatable bonds is 4. The van der Waals surface area contributed by atoms with Crippen LogP contribution in [0.3, 0.4) is 0 Å². The van der Waals surface area contributed by atoms with Crippen LogP contribution in [0.15, 0.2) is 52.2 Å². The summed E-state index contributed by atoms with van der Waals surface area (Å²) in [7, 11) is 0. The van der Waals surface area contributed by atoms with Crippen molar-refractivity contribution in [2.45, 2.75) is 20.0 Å². The normalized spacial score (nSPS) is 11.0. The minimum Gasteiger partial charge on any atom is -0.296 e. The van der Waals surface area contributed by atoms with E-state index in [0.29, 0.717) is 36.8 Å². The van der Waals surface area contributed by atoms with Crippen molar-refractivity contribution >= 4 is 46.4 Å². The fourth-order valence-corrected chi connectivity index (χ4v) is 3.78. The van der Waals surface area contributed by atoms with E-state index in [1.54, 1.807) is 43.3 Å². The van der Waals surface area contributed by atoms with Crippen molar-refractivity contribution in [3.05, 3.63) is 100 Å². The molecule has 0 aliphatic rings. The molecule has 1 aromatic heterocycles. The average molecular weight is 444 g/mol. The van der Waals surface area contributed by atoms with Crippen molar-refractivity contribution in [2.24, 2.45) is 0 Å². The SMILES string of the molecule is Cc1cn(Cc2c(Cl)cccc2Cl)c(=O)n(Cc2c(Cl)cccc2Cl)c1=O. The van der Waals surface area contributed by atoms with Gasteiger partial charge in [0.25, 0.3) is 5.56 Å². The van der Waals surface area contributed by atoms with Gasteiger partial charge in [0, 0.05) is 43.0 Å². The molecule has 0 amide bonds. The minimum atomic E-state index is -0.502. The van der Waals surface area contributed by atoms with Crippen molar-refractivity contribution in [1.82, 2.24) is 9.13 Å². The Bertz CT molecular complexity index is 1100. The predicted octanol–water partition coefficient (Wildman–Crippen LogP) is 5.03. The molecule has 140 valence electrons. The Hall–Kier alpha value is -1.72.